The van der Waals surface area contributed by atoms with Crippen molar-refractivity contribution in [3.8, 4) is 29.1 Å². The summed E-state index contributed by atoms with van der Waals surface area (Å²) in [7, 11) is 0. The number of nitrogens with zero attached hydrogens (tertiary/aromatic N) is 2. The number of rotatable bonds is 9. The zero-order valence-corrected chi connectivity index (χ0v) is 17.1. The van der Waals surface area contributed by atoms with Crippen LogP contribution in [0.2, 0.25) is 0 Å². The van der Waals surface area contributed by atoms with E-state index in [9.17, 15) is 15.2 Å². The Balaban J connectivity index is 1.60. The van der Waals surface area contributed by atoms with E-state index in [-0.39, 0.29) is 19.6 Å². The predicted octanol–water partition coefficient (Wildman–Crippen LogP) is 4.25. The van der Waals surface area contributed by atoms with Crippen LogP contribution in [0, 0.1) is 11.3 Å². The maximum absolute atomic E-state index is 11.2. The summed E-state index contributed by atoms with van der Waals surface area (Å²) in [5, 5.41) is 18.8. The van der Waals surface area contributed by atoms with Gasteiger partial charge in [0.15, 0.2) is 11.5 Å². The largest absolute Gasteiger partial charge is 0.489 e. The smallest absolute Gasteiger partial charge is 0.303 e. The van der Waals surface area contributed by atoms with Crippen LogP contribution in [0.3, 0.4) is 0 Å². The molecule has 3 aromatic rings. The quantitative estimate of drug-likeness (QED) is 0.534. The maximum Gasteiger partial charge on any atom is 0.303 e. The average molecular weight is 432 g/mol. The van der Waals surface area contributed by atoms with Crippen molar-refractivity contribution in [1.29, 1.82) is 5.26 Å². The second kappa shape index (κ2) is 9.71. The van der Waals surface area contributed by atoms with Gasteiger partial charge in [0.2, 0.25) is 6.79 Å². The van der Waals surface area contributed by atoms with Gasteiger partial charge in [0.05, 0.1) is 5.56 Å². The van der Waals surface area contributed by atoms with Gasteiger partial charge in [-0.2, -0.15) is 5.26 Å². The van der Waals surface area contributed by atoms with E-state index in [4.69, 9.17) is 18.9 Å². The SMILES string of the molecule is N#Cc1ccc(OCc2cccnc2)cc1OC(CCC(=O)O)c1cccc2c1OCO2. The van der Waals surface area contributed by atoms with E-state index in [1.807, 2.05) is 12.1 Å². The molecule has 0 radical (unpaired) electrons. The monoisotopic (exact) mass is 432 g/mol. The Morgan fingerprint density at radius 3 is 2.91 bits per heavy atom. The summed E-state index contributed by atoms with van der Waals surface area (Å²) in [6, 6.07) is 16.1. The Hall–Kier alpha value is -4.25. The molecule has 1 unspecified atom stereocenters. The van der Waals surface area contributed by atoms with Gasteiger partial charge in [-0.25, -0.2) is 0 Å². The first-order valence-corrected chi connectivity index (χ1v) is 9.97. The highest BCUT2D eigenvalue weighted by molar-refractivity contribution is 5.66. The van der Waals surface area contributed by atoms with Crippen LogP contribution in [0.25, 0.3) is 0 Å². The third kappa shape index (κ3) is 4.90. The molecular formula is C24H20N2O6. The van der Waals surface area contributed by atoms with Crippen molar-refractivity contribution in [2.75, 3.05) is 6.79 Å². The highest BCUT2D eigenvalue weighted by Crippen LogP contribution is 2.42. The predicted molar refractivity (Wildman–Crippen MR) is 113 cm³/mol. The Morgan fingerprint density at radius 2 is 2.12 bits per heavy atom. The normalized spacial score (nSPS) is 12.6. The molecule has 0 amide bonds. The lowest BCUT2D eigenvalue weighted by molar-refractivity contribution is -0.137. The van der Waals surface area contributed by atoms with Gasteiger partial charge in [0.25, 0.3) is 0 Å². The average Bonchev–Trinajstić information content (AvgIpc) is 3.30. The molecule has 8 nitrogen and oxygen atoms in total. The van der Waals surface area contributed by atoms with E-state index in [0.29, 0.717) is 40.7 Å². The molecular weight excluding hydrogens is 412 g/mol. The van der Waals surface area contributed by atoms with Crippen molar-refractivity contribution in [3.63, 3.8) is 0 Å². The van der Waals surface area contributed by atoms with Crippen molar-refractivity contribution >= 4 is 5.97 Å². The van der Waals surface area contributed by atoms with Crippen LogP contribution in [0.5, 0.6) is 23.0 Å². The van der Waals surface area contributed by atoms with Crippen LogP contribution in [-0.2, 0) is 11.4 Å². The molecule has 0 aliphatic carbocycles. The summed E-state index contributed by atoms with van der Waals surface area (Å²) in [4.78, 5) is 15.3. The summed E-state index contributed by atoms with van der Waals surface area (Å²) >= 11 is 0. The summed E-state index contributed by atoms with van der Waals surface area (Å²) in [5.74, 6) is 0.948. The second-order valence-electron chi connectivity index (χ2n) is 7.04. The van der Waals surface area contributed by atoms with Crippen molar-refractivity contribution < 1.29 is 28.8 Å². The lowest BCUT2D eigenvalue weighted by Crippen LogP contribution is -2.12. The minimum absolute atomic E-state index is 0.0825. The standard InChI is InChI=1S/C24H20N2O6/c25-12-17-6-7-18(29-14-16-3-2-10-26-13-16)11-22(17)32-20(8-9-23(27)28)19-4-1-5-21-24(19)31-15-30-21/h1-7,10-11,13,20H,8-9,14-15H2,(H,27,28). The minimum atomic E-state index is -0.947. The van der Waals surface area contributed by atoms with Crippen molar-refractivity contribution in [1.82, 2.24) is 4.98 Å². The Kier molecular flexibility index (Phi) is 6.37. The third-order valence-electron chi connectivity index (χ3n) is 4.87. The van der Waals surface area contributed by atoms with Gasteiger partial charge in [0, 0.05) is 36.0 Å². The highest BCUT2D eigenvalue weighted by Gasteiger charge is 2.26. The van der Waals surface area contributed by atoms with E-state index in [1.54, 1.807) is 48.8 Å². The third-order valence-corrected chi connectivity index (χ3v) is 4.87. The first-order valence-electron chi connectivity index (χ1n) is 9.97. The molecule has 4 rings (SSSR count). The maximum atomic E-state index is 11.2. The number of fused-ring (bicyclic) bond motifs is 1. The topological polar surface area (TPSA) is 111 Å². The number of hydrogen-bond acceptors (Lipinski definition) is 7. The fourth-order valence-corrected chi connectivity index (χ4v) is 3.32. The summed E-state index contributed by atoms with van der Waals surface area (Å²) < 4.78 is 23.0. The number of ether oxygens (including phenoxy) is 4. The lowest BCUT2D eigenvalue weighted by Gasteiger charge is -2.21. The number of aliphatic carboxylic acids is 1. The minimum Gasteiger partial charge on any atom is -0.489 e. The second-order valence-corrected chi connectivity index (χ2v) is 7.04. The molecule has 1 aliphatic heterocycles. The van der Waals surface area contributed by atoms with E-state index in [0.717, 1.165) is 5.56 Å². The zero-order chi connectivity index (χ0) is 22.3. The van der Waals surface area contributed by atoms with E-state index >= 15 is 0 Å². The molecule has 1 N–H and O–H groups in total. The first-order chi connectivity index (χ1) is 15.6. The fourth-order valence-electron chi connectivity index (χ4n) is 3.32. The molecule has 1 aromatic heterocycles. The van der Waals surface area contributed by atoms with Gasteiger partial charge >= 0.3 is 5.97 Å². The molecule has 32 heavy (non-hydrogen) atoms. The Bertz CT molecular complexity index is 1140. The molecule has 0 saturated heterocycles. The fraction of sp³-hybridized carbons (Fsp3) is 0.208. The van der Waals surface area contributed by atoms with Crippen LogP contribution in [0.1, 0.15) is 35.6 Å². The zero-order valence-electron chi connectivity index (χ0n) is 17.1. The van der Waals surface area contributed by atoms with E-state index < -0.39 is 12.1 Å². The van der Waals surface area contributed by atoms with Gasteiger partial charge in [-0.1, -0.05) is 18.2 Å². The number of carboxylic acid groups (broad SMARTS) is 1. The van der Waals surface area contributed by atoms with Crippen molar-refractivity contribution in [2.24, 2.45) is 0 Å². The molecule has 2 aromatic carbocycles. The molecule has 0 saturated carbocycles. The van der Waals surface area contributed by atoms with Gasteiger partial charge in [0.1, 0.15) is 30.3 Å². The van der Waals surface area contributed by atoms with Crippen LogP contribution >= 0.6 is 0 Å². The number of benzene rings is 2. The van der Waals surface area contributed by atoms with Crippen LogP contribution in [-0.4, -0.2) is 22.9 Å². The number of carboxylic acids is 1. The number of carbonyl (C=O) groups is 1. The Labute approximate surface area is 184 Å². The van der Waals surface area contributed by atoms with Crippen LogP contribution in [0.15, 0.2) is 60.9 Å². The van der Waals surface area contributed by atoms with Gasteiger partial charge in [-0.05, 0) is 30.7 Å². The summed E-state index contributed by atoms with van der Waals surface area (Å²) in [6.45, 7) is 0.387. The van der Waals surface area contributed by atoms with Gasteiger partial charge in [-0.15, -0.1) is 0 Å². The van der Waals surface area contributed by atoms with E-state index in [1.165, 1.54) is 0 Å². The number of aromatic nitrogens is 1. The number of pyridine rings is 1. The van der Waals surface area contributed by atoms with Crippen LogP contribution in [0.4, 0.5) is 0 Å². The van der Waals surface area contributed by atoms with E-state index in [2.05, 4.69) is 11.1 Å². The summed E-state index contributed by atoms with van der Waals surface area (Å²) in [5.41, 5.74) is 1.87. The number of para-hydroxylation sites is 1. The molecule has 162 valence electrons. The number of hydrogen-bond donors (Lipinski definition) is 1. The molecule has 0 fully saturated rings. The summed E-state index contributed by atoms with van der Waals surface area (Å²) in [6.07, 6.45) is 2.79. The van der Waals surface area contributed by atoms with Gasteiger partial charge < -0.3 is 24.1 Å². The molecule has 0 spiro atoms. The van der Waals surface area contributed by atoms with Crippen molar-refractivity contribution in [2.45, 2.75) is 25.6 Å². The van der Waals surface area contributed by atoms with Crippen LogP contribution < -0.4 is 18.9 Å². The molecule has 1 atom stereocenters. The first kappa shape index (κ1) is 21.0. The molecule has 8 heteroatoms. The van der Waals surface area contributed by atoms with Gasteiger partial charge in [-0.3, -0.25) is 9.78 Å². The molecule has 0 bridgehead atoms. The Morgan fingerprint density at radius 1 is 1.22 bits per heavy atom. The molecule has 2 heterocycles. The highest BCUT2D eigenvalue weighted by atomic mass is 16.7. The van der Waals surface area contributed by atoms with Crippen molar-refractivity contribution in [3.05, 3.63) is 77.6 Å². The lowest BCUT2D eigenvalue weighted by atomic mass is 10.0. The molecule has 1 aliphatic rings. The number of nitriles is 1.